The second-order valence-electron chi connectivity index (χ2n) is 5.35. The average molecular weight is 300 g/mol. The van der Waals surface area contributed by atoms with Crippen LogP contribution in [-0.4, -0.2) is 22.0 Å². The Hall–Kier alpha value is -3.14. The van der Waals surface area contributed by atoms with Gasteiger partial charge in [0.05, 0.1) is 5.69 Å². The summed E-state index contributed by atoms with van der Waals surface area (Å²) in [6, 6.07) is 18.4. The number of nitrogens with zero attached hydrogens (tertiary/aromatic N) is 2. The first-order valence-electron chi connectivity index (χ1n) is 7.53. The third-order valence-corrected chi connectivity index (χ3v) is 3.92. The number of hydrogen-bond donors (Lipinski definition) is 2. The van der Waals surface area contributed by atoms with Gasteiger partial charge in [0.25, 0.3) is 0 Å². The van der Waals surface area contributed by atoms with Crippen LogP contribution >= 0.6 is 0 Å². The largest absolute Gasteiger partial charge is 0.373 e. The summed E-state index contributed by atoms with van der Waals surface area (Å²) in [4.78, 5) is 12.4. The number of aromatic amines is 1. The quantitative estimate of drug-likeness (QED) is 0.592. The van der Waals surface area contributed by atoms with E-state index in [4.69, 9.17) is 0 Å². The summed E-state index contributed by atoms with van der Waals surface area (Å²) in [6.07, 6.45) is 3.86. The first-order valence-corrected chi connectivity index (χ1v) is 7.53. The highest BCUT2D eigenvalue weighted by Gasteiger charge is 2.10. The van der Waals surface area contributed by atoms with Gasteiger partial charge in [0.1, 0.15) is 11.5 Å². The molecule has 4 aromatic rings. The minimum Gasteiger partial charge on any atom is -0.373 e. The average Bonchev–Trinajstić information content (AvgIpc) is 3.05. The molecule has 0 unspecified atom stereocenters. The monoisotopic (exact) mass is 300 g/mol. The molecule has 1 aromatic carbocycles. The molecule has 0 fully saturated rings. The summed E-state index contributed by atoms with van der Waals surface area (Å²) in [5, 5.41) is 4.15. The van der Waals surface area contributed by atoms with Crippen molar-refractivity contribution < 1.29 is 0 Å². The predicted molar refractivity (Wildman–Crippen MR) is 94.3 cm³/mol. The van der Waals surface area contributed by atoms with E-state index in [9.17, 15) is 0 Å². The fourth-order valence-corrected chi connectivity index (χ4v) is 2.73. The van der Waals surface area contributed by atoms with Gasteiger partial charge in [0, 0.05) is 36.0 Å². The van der Waals surface area contributed by atoms with Crippen LogP contribution in [0.5, 0.6) is 0 Å². The van der Waals surface area contributed by atoms with Crippen LogP contribution in [0.15, 0.2) is 67.0 Å². The van der Waals surface area contributed by atoms with Gasteiger partial charge in [-0.1, -0.05) is 36.4 Å². The summed E-state index contributed by atoms with van der Waals surface area (Å²) in [6.45, 7) is 0. The highest BCUT2D eigenvalue weighted by molar-refractivity contribution is 5.95. The van der Waals surface area contributed by atoms with Crippen LogP contribution in [0.1, 0.15) is 0 Å². The van der Waals surface area contributed by atoms with Gasteiger partial charge in [0.15, 0.2) is 0 Å². The van der Waals surface area contributed by atoms with Crippen molar-refractivity contribution in [2.75, 3.05) is 12.4 Å². The van der Waals surface area contributed by atoms with Crippen molar-refractivity contribution in [2.24, 2.45) is 0 Å². The Balaban J connectivity index is 1.88. The lowest BCUT2D eigenvalue weighted by molar-refractivity contribution is 1.29. The van der Waals surface area contributed by atoms with Crippen molar-refractivity contribution in [2.45, 2.75) is 0 Å². The molecule has 0 amide bonds. The molecule has 0 saturated carbocycles. The Labute approximate surface area is 134 Å². The zero-order chi connectivity index (χ0) is 15.6. The van der Waals surface area contributed by atoms with E-state index in [1.807, 2.05) is 55.8 Å². The molecule has 4 heteroatoms. The van der Waals surface area contributed by atoms with Crippen molar-refractivity contribution in [1.82, 2.24) is 15.0 Å². The number of hydrogen-bond acceptors (Lipinski definition) is 3. The third kappa shape index (κ3) is 2.44. The van der Waals surface area contributed by atoms with E-state index in [1.54, 1.807) is 0 Å². The van der Waals surface area contributed by atoms with Crippen LogP contribution in [-0.2, 0) is 0 Å². The predicted octanol–water partition coefficient (Wildman–Crippen LogP) is 4.33. The van der Waals surface area contributed by atoms with Crippen molar-refractivity contribution >= 4 is 16.9 Å². The summed E-state index contributed by atoms with van der Waals surface area (Å²) >= 11 is 0. The minimum absolute atomic E-state index is 0.851. The first kappa shape index (κ1) is 13.5. The first-order chi connectivity index (χ1) is 11.3. The minimum atomic E-state index is 0.851. The van der Waals surface area contributed by atoms with Crippen LogP contribution in [0.25, 0.3) is 33.4 Å². The van der Waals surface area contributed by atoms with Crippen molar-refractivity contribution in [3.63, 3.8) is 0 Å². The maximum absolute atomic E-state index is 4.63. The molecule has 112 valence electrons. The molecule has 0 aliphatic rings. The normalized spacial score (nSPS) is 10.8. The van der Waals surface area contributed by atoms with Gasteiger partial charge in [-0.2, -0.15) is 0 Å². The fourth-order valence-electron chi connectivity index (χ4n) is 2.73. The molecule has 3 heterocycles. The topological polar surface area (TPSA) is 53.6 Å². The van der Waals surface area contributed by atoms with E-state index < -0.39 is 0 Å². The zero-order valence-corrected chi connectivity index (χ0v) is 12.7. The molecule has 3 aromatic heterocycles. The second-order valence-corrected chi connectivity index (χ2v) is 5.35. The van der Waals surface area contributed by atoms with Gasteiger partial charge < -0.3 is 10.3 Å². The Kier molecular flexibility index (Phi) is 3.27. The number of anilines is 1. The SMILES string of the molecule is CNc1cccc(-c2c[nH]c3ncc(-c4ccccc4)cc23)n1. The van der Waals surface area contributed by atoms with E-state index in [1.165, 1.54) is 0 Å². The molecule has 0 radical (unpaired) electrons. The van der Waals surface area contributed by atoms with Crippen molar-refractivity contribution in [1.29, 1.82) is 0 Å². The Bertz CT molecular complexity index is 957. The van der Waals surface area contributed by atoms with E-state index in [-0.39, 0.29) is 0 Å². The molecule has 2 N–H and O–H groups in total. The van der Waals surface area contributed by atoms with Crippen LogP contribution in [0.2, 0.25) is 0 Å². The highest BCUT2D eigenvalue weighted by Crippen LogP contribution is 2.30. The van der Waals surface area contributed by atoms with Gasteiger partial charge >= 0.3 is 0 Å². The van der Waals surface area contributed by atoms with E-state index in [0.717, 1.165) is 39.2 Å². The van der Waals surface area contributed by atoms with E-state index in [0.29, 0.717) is 0 Å². The Morgan fingerprint density at radius 1 is 0.957 bits per heavy atom. The molecule has 0 aliphatic heterocycles. The smallest absolute Gasteiger partial charge is 0.137 e. The third-order valence-electron chi connectivity index (χ3n) is 3.92. The number of aromatic nitrogens is 3. The summed E-state index contributed by atoms with van der Waals surface area (Å²) in [7, 11) is 1.87. The molecule has 4 rings (SSSR count). The maximum Gasteiger partial charge on any atom is 0.137 e. The number of pyridine rings is 2. The van der Waals surface area contributed by atoms with Crippen LogP contribution in [0, 0.1) is 0 Å². The molecular weight excluding hydrogens is 284 g/mol. The lowest BCUT2D eigenvalue weighted by atomic mass is 10.0. The molecule has 0 atom stereocenters. The second kappa shape index (κ2) is 5.57. The Morgan fingerprint density at radius 2 is 1.83 bits per heavy atom. The molecule has 23 heavy (non-hydrogen) atoms. The van der Waals surface area contributed by atoms with Gasteiger partial charge in [-0.15, -0.1) is 0 Å². The standard InChI is InChI=1S/C19H16N4/c1-20-18-9-5-8-17(23-18)16-12-22-19-15(16)10-14(11-21-19)13-6-3-2-4-7-13/h2-12H,1H3,(H,20,23)(H,21,22). The molecular formula is C19H16N4. The zero-order valence-electron chi connectivity index (χ0n) is 12.7. The fraction of sp³-hybridized carbons (Fsp3) is 0.0526. The maximum atomic E-state index is 4.63. The van der Waals surface area contributed by atoms with Gasteiger partial charge in [0.2, 0.25) is 0 Å². The van der Waals surface area contributed by atoms with E-state index in [2.05, 4.69) is 38.5 Å². The van der Waals surface area contributed by atoms with Gasteiger partial charge in [-0.25, -0.2) is 9.97 Å². The number of H-pyrrole nitrogens is 1. The summed E-state index contributed by atoms with van der Waals surface area (Å²) in [5.74, 6) is 0.851. The van der Waals surface area contributed by atoms with Crippen LogP contribution in [0.3, 0.4) is 0 Å². The van der Waals surface area contributed by atoms with Gasteiger partial charge in [-0.05, 0) is 23.8 Å². The number of fused-ring (bicyclic) bond motifs is 1. The molecule has 4 nitrogen and oxygen atoms in total. The molecule has 0 saturated heterocycles. The lowest BCUT2D eigenvalue weighted by Crippen LogP contribution is -1.92. The van der Waals surface area contributed by atoms with E-state index >= 15 is 0 Å². The molecule has 0 bridgehead atoms. The van der Waals surface area contributed by atoms with Gasteiger partial charge in [-0.3, -0.25) is 0 Å². The number of nitrogens with one attached hydrogen (secondary N) is 2. The summed E-state index contributed by atoms with van der Waals surface area (Å²) in [5.41, 5.74) is 5.11. The summed E-state index contributed by atoms with van der Waals surface area (Å²) < 4.78 is 0. The number of rotatable bonds is 3. The lowest BCUT2D eigenvalue weighted by Gasteiger charge is -2.04. The molecule has 0 aliphatic carbocycles. The number of benzene rings is 1. The van der Waals surface area contributed by atoms with Crippen molar-refractivity contribution in [3.05, 3.63) is 67.0 Å². The Morgan fingerprint density at radius 3 is 2.65 bits per heavy atom. The van der Waals surface area contributed by atoms with Crippen LogP contribution < -0.4 is 5.32 Å². The van der Waals surface area contributed by atoms with Crippen molar-refractivity contribution in [3.8, 4) is 22.4 Å². The highest BCUT2D eigenvalue weighted by atomic mass is 15.0. The van der Waals surface area contributed by atoms with Crippen LogP contribution in [0.4, 0.5) is 5.82 Å². The molecule has 0 spiro atoms.